The van der Waals surface area contributed by atoms with E-state index >= 15 is 0 Å². The van der Waals surface area contributed by atoms with Gasteiger partial charge in [-0.3, -0.25) is 4.79 Å². The van der Waals surface area contributed by atoms with Crippen molar-refractivity contribution in [2.45, 2.75) is 38.8 Å². The number of halogens is 1. The molecule has 3 rings (SSSR count). The lowest BCUT2D eigenvalue weighted by molar-refractivity contribution is 0.627. The Morgan fingerprint density at radius 1 is 1.18 bits per heavy atom. The highest BCUT2D eigenvalue weighted by Gasteiger charge is 2.27. The first-order chi connectivity index (χ1) is 10.7. The molecule has 1 saturated carbocycles. The number of nitrogens with one attached hydrogen (secondary N) is 1. The first-order valence-electron chi connectivity index (χ1n) is 7.91. The highest BCUT2D eigenvalue weighted by atomic mass is 19.1. The minimum absolute atomic E-state index is 0.0768. The van der Waals surface area contributed by atoms with Crippen molar-refractivity contribution in [2.24, 2.45) is 0 Å². The normalized spacial score (nSPS) is 14.3. The zero-order valence-corrected chi connectivity index (χ0v) is 12.8. The molecule has 0 amide bonds. The maximum absolute atomic E-state index is 13.1. The SMILES string of the molecule is CCCNCc1ccc(-c2ccc(F)cc2)n(C2CC2)c1=O. The van der Waals surface area contributed by atoms with Crippen LogP contribution in [-0.4, -0.2) is 11.1 Å². The summed E-state index contributed by atoms with van der Waals surface area (Å²) in [5.41, 5.74) is 2.64. The molecule has 1 N–H and O–H groups in total. The van der Waals surface area contributed by atoms with Gasteiger partial charge < -0.3 is 9.88 Å². The summed E-state index contributed by atoms with van der Waals surface area (Å²) >= 11 is 0. The van der Waals surface area contributed by atoms with E-state index in [-0.39, 0.29) is 11.4 Å². The molecule has 0 aliphatic heterocycles. The number of nitrogens with zero attached hydrogens (tertiary/aromatic N) is 1. The van der Waals surface area contributed by atoms with Crippen LogP contribution in [0.3, 0.4) is 0 Å². The third-order valence-electron chi connectivity index (χ3n) is 3.99. The Kier molecular flexibility index (Phi) is 4.39. The predicted octanol–water partition coefficient (Wildman–Crippen LogP) is 3.49. The van der Waals surface area contributed by atoms with Gasteiger partial charge in [0.25, 0.3) is 5.56 Å². The van der Waals surface area contributed by atoms with E-state index in [1.54, 1.807) is 12.1 Å². The molecule has 1 aliphatic carbocycles. The van der Waals surface area contributed by atoms with Gasteiger partial charge in [0, 0.05) is 18.2 Å². The van der Waals surface area contributed by atoms with Crippen LogP contribution in [0.1, 0.15) is 37.8 Å². The topological polar surface area (TPSA) is 34.0 Å². The van der Waals surface area contributed by atoms with Gasteiger partial charge in [-0.15, -0.1) is 0 Å². The Labute approximate surface area is 129 Å². The number of aromatic nitrogens is 1. The van der Waals surface area contributed by atoms with E-state index in [1.807, 2.05) is 16.7 Å². The monoisotopic (exact) mass is 300 g/mol. The molecule has 2 aromatic rings. The minimum atomic E-state index is -0.260. The number of benzene rings is 1. The lowest BCUT2D eigenvalue weighted by Crippen LogP contribution is -2.28. The molecule has 4 heteroatoms. The first kappa shape index (κ1) is 15.0. The van der Waals surface area contributed by atoms with Gasteiger partial charge in [-0.2, -0.15) is 0 Å². The van der Waals surface area contributed by atoms with E-state index in [1.165, 1.54) is 12.1 Å². The van der Waals surface area contributed by atoms with Crippen LogP contribution in [0.4, 0.5) is 4.39 Å². The van der Waals surface area contributed by atoms with Gasteiger partial charge in [-0.1, -0.05) is 13.0 Å². The van der Waals surface area contributed by atoms with Crippen LogP contribution in [0.15, 0.2) is 41.2 Å². The van der Waals surface area contributed by atoms with E-state index in [9.17, 15) is 9.18 Å². The summed E-state index contributed by atoms with van der Waals surface area (Å²) in [7, 11) is 0. The van der Waals surface area contributed by atoms with Crippen LogP contribution >= 0.6 is 0 Å². The molecular weight excluding hydrogens is 279 g/mol. The number of rotatable bonds is 6. The summed E-state index contributed by atoms with van der Waals surface area (Å²) in [5, 5.41) is 3.28. The second-order valence-electron chi connectivity index (χ2n) is 5.83. The van der Waals surface area contributed by atoms with Crippen molar-refractivity contribution in [3.05, 3.63) is 58.1 Å². The molecule has 1 heterocycles. The lowest BCUT2D eigenvalue weighted by atomic mass is 10.1. The van der Waals surface area contributed by atoms with Crippen LogP contribution in [0, 0.1) is 5.82 Å². The average Bonchev–Trinajstić information content (AvgIpc) is 3.34. The van der Waals surface area contributed by atoms with Crippen LogP contribution in [-0.2, 0) is 6.54 Å². The Bertz CT molecular complexity index is 702. The van der Waals surface area contributed by atoms with E-state index in [0.717, 1.165) is 42.6 Å². The van der Waals surface area contributed by atoms with Gasteiger partial charge in [0.1, 0.15) is 5.82 Å². The summed E-state index contributed by atoms with van der Waals surface area (Å²) in [5.74, 6) is -0.260. The molecule has 0 bridgehead atoms. The maximum atomic E-state index is 13.1. The Morgan fingerprint density at radius 2 is 1.91 bits per heavy atom. The fourth-order valence-electron chi connectivity index (χ4n) is 2.68. The van der Waals surface area contributed by atoms with Gasteiger partial charge in [0.05, 0.1) is 5.69 Å². The quantitative estimate of drug-likeness (QED) is 0.829. The molecule has 116 valence electrons. The van der Waals surface area contributed by atoms with E-state index in [0.29, 0.717) is 12.6 Å². The van der Waals surface area contributed by atoms with E-state index in [2.05, 4.69) is 12.2 Å². The van der Waals surface area contributed by atoms with Gasteiger partial charge in [0.2, 0.25) is 0 Å². The zero-order chi connectivity index (χ0) is 15.5. The molecule has 0 atom stereocenters. The predicted molar refractivity (Wildman–Crippen MR) is 86.4 cm³/mol. The van der Waals surface area contributed by atoms with Crippen molar-refractivity contribution in [3.63, 3.8) is 0 Å². The molecule has 1 aromatic heterocycles. The third-order valence-corrected chi connectivity index (χ3v) is 3.99. The van der Waals surface area contributed by atoms with Crippen LogP contribution in [0.25, 0.3) is 11.3 Å². The highest BCUT2D eigenvalue weighted by Crippen LogP contribution is 2.37. The van der Waals surface area contributed by atoms with Gasteiger partial charge in [0.15, 0.2) is 0 Å². The third kappa shape index (κ3) is 3.12. The fourth-order valence-corrected chi connectivity index (χ4v) is 2.68. The van der Waals surface area contributed by atoms with Crippen LogP contribution < -0.4 is 10.9 Å². The lowest BCUT2D eigenvalue weighted by Gasteiger charge is -2.14. The average molecular weight is 300 g/mol. The Morgan fingerprint density at radius 3 is 2.55 bits per heavy atom. The summed E-state index contributed by atoms with van der Waals surface area (Å²) in [6.07, 6.45) is 3.13. The smallest absolute Gasteiger partial charge is 0.255 e. The molecule has 0 unspecified atom stereocenters. The van der Waals surface area contributed by atoms with Crippen molar-refractivity contribution < 1.29 is 4.39 Å². The minimum Gasteiger partial charge on any atom is -0.312 e. The second-order valence-corrected chi connectivity index (χ2v) is 5.83. The van der Waals surface area contributed by atoms with Gasteiger partial charge >= 0.3 is 0 Å². The molecule has 0 spiro atoms. The Balaban J connectivity index is 1.98. The molecule has 0 saturated heterocycles. The number of hydrogen-bond donors (Lipinski definition) is 1. The largest absolute Gasteiger partial charge is 0.312 e. The first-order valence-corrected chi connectivity index (χ1v) is 7.91. The maximum Gasteiger partial charge on any atom is 0.255 e. The second kappa shape index (κ2) is 6.44. The molecule has 3 nitrogen and oxygen atoms in total. The van der Waals surface area contributed by atoms with E-state index < -0.39 is 0 Å². The number of pyridine rings is 1. The summed E-state index contributed by atoms with van der Waals surface area (Å²) in [4.78, 5) is 12.8. The van der Waals surface area contributed by atoms with Crippen molar-refractivity contribution >= 4 is 0 Å². The summed E-state index contributed by atoms with van der Waals surface area (Å²) in [6, 6.07) is 10.5. The molecule has 1 fully saturated rings. The molecule has 1 aliphatic rings. The van der Waals surface area contributed by atoms with Crippen molar-refractivity contribution in [1.82, 2.24) is 9.88 Å². The number of hydrogen-bond acceptors (Lipinski definition) is 2. The van der Waals surface area contributed by atoms with E-state index in [4.69, 9.17) is 0 Å². The van der Waals surface area contributed by atoms with Crippen LogP contribution in [0.5, 0.6) is 0 Å². The molecule has 1 aromatic carbocycles. The molecule has 0 radical (unpaired) electrons. The van der Waals surface area contributed by atoms with Crippen LogP contribution in [0.2, 0.25) is 0 Å². The van der Waals surface area contributed by atoms with Crippen molar-refractivity contribution in [3.8, 4) is 11.3 Å². The molecular formula is C18H21FN2O. The fraction of sp³-hybridized carbons (Fsp3) is 0.389. The van der Waals surface area contributed by atoms with Crippen molar-refractivity contribution in [1.29, 1.82) is 0 Å². The van der Waals surface area contributed by atoms with Gasteiger partial charge in [-0.05, 0) is 61.7 Å². The van der Waals surface area contributed by atoms with Gasteiger partial charge in [-0.25, -0.2) is 4.39 Å². The summed E-state index contributed by atoms with van der Waals surface area (Å²) in [6.45, 7) is 3.61. The Hall–Kier alpha value is -1.94. The zero-order valence-electron chi connectivity index (χ0n) is 12.8. The summed E-state index contributed by atoms with van der Waals surface area (Å²) < 4.78 is 15.0. The highest BCUT2D eigenvalue weighted by molar-refractivity contribution is 5.60. The van der Waals surface area contributed by atoms with Crippen molar-refractivity contribution in [2.75, 3.05) is 6.54 Å². The molecule has 22 heavy (non-hydrogen) atoms. The standard InChI is InChI=1S/C18H21FN2O/c1-2-11-20-12-14-5-10-17(13-3-6-15(19)7-4-13)21(18(14)22)16-8-9-16/h3-7,10,16,20H,2,8-9,11-12H2,1H3.